The second-order valence-electron chi connectivity index (χ2n) is 9.32. The van der Waals surface area contributed by atoms with Gasteiger partial charge in [0.2, 0.25) is 5.13 Å². The number of fused-ring (bicyclic) bond motifs is 2. The van der Waals surface area contributed by atoms with Crippen LogP contribution in [0.3, 0.4) is 0 Å². The van der Waals surface area contributed by atoms with Gasteiger partial charge in [0.15, 0.2) is 10.2 Å². The van der Waals surface area contributed by atoms with Gasteiger partial charge in [-0.1, -0.05) is 76.8 Å². The number of nitrogens with one attached hydrogen (secondary N) is 2. The van der Waals surface area contributed by atoms with Crippen LogP contribution in [-0.2, 0) is 4.84 Å². The van der Waals surface area contributed by atoms with E-state index >= 15 is 0 Å². The third-order valence-electron chi connectivity index (χ3n) is 6.61. The molecule has 0 spiro atoms. The van der Waals surface area contributed by atoms with Crippen LogP contribution < -0.4 is 5.32 Å². The lowest BCUT2D eigenvalue weighted by atomic mass is 10.0. The summed E-state index contributed by atoms with van der Waals surface area (Å²) in [7, 11) is 0. The number of hydrogen-bond donors (Lipinski definition) is 4. The fraction of sp³-hybridized carbons (Fsp3) is 0.172. The Hall–Kier alpha value is -4.19. The molecule has 4 N–H and O–H groups in total. The van der Waals surface area contributed by atoms with Crippen molar-refractivity contribution in [1.29, 1.82) is 0 Å². The fourth-order valence-electron chi connectivity index (χ4n) is 4.43. The lowest BCUT2D eigenvalue weighted by Crippen LogP contribution is -2.19. The number of oxime groups is 1. The number of anilines is 2. The monoisotopic (exact) mass is 570 g/mol. The molecule has 0 amide bonds. The number of H-pyrrole nitrogens is 1. The van der Waals surface area contributed by atoms with Gasteiger partial charge in [-0.2, -0.15) is 0 Å². The van der Waals surface area contributed by atoms with Crippen molar-refractivity contribution in [1.82, 2.24) is 15.2 Å². The molecule has 3 aromatic carbocycles. The number of para-hydroxylation sites is 2. The number of benzene rings is 3. The van der Waals surface area contributed by atoms with Gasteiger partial charge in [0.25, 0.3) is 0 Å². The number of rotatable bonds is 9. The Kier molecular flexibility index (Phi) is 7.25. The van der Waals surface area contributed by atoms with E-state index in [1.165, 1.54) is 34.2 Å². The van der Waals surface area contributed by atoms with Gasteiger partial charge in [-0.25, -0.2) is 4.99 Å². The van der Waals surface area contributed by atoms with Crippen LogP contribution in [0.25, 0.3) is 10.9 Å². The normalized spacial score (nSPS) is 14.4. The van der Waals surface area contributed by atoms with Crippen LogP contribution in [0.4, 0.5) is 16.5 Å². The molecule has 6 rings (SSSR count). The Morgan fingerprint density at radius 1 is 1.05 bits per heavy atom. The zero-order valence-electron chi connectivity index (χ0n) is 21.8. The fourth-order valence-corrected chi connectivity index (χ4v) is 6.13. The van der Waals surface area contributed by atoms with Crippen LogP contribution in [-0.4, -0.2) is 55.3 Å². The highest BCUT2D eigenvalue weighted by atomic mass is 32.2. The summed E-state index contributed by atoms with van der Waals surface area (Å²) >= 11 is 2.84. The average molecular weight is 571 g/mol. The predicted octanol–water partition coefficient (Wildman–Crippen LogP) is 6.09. The summed E-state index contributed by atoms with van der Waals surface area (Å²) in [6.45, 7) is 4.12. The van der Waals surface area contributed by atoms with Crippen molar-refractivity contribution in [3.63, 3.8) is 0 Å². The smallest absolute Gasteiger partial charge is 0.210 e. The molecule has 0 saturated heterocycles. The van der Waals surface area contributed by atoms with E-state index < -0.39 is 6.10 Å². The van der Waals surface area contributed by atoms with Crippen LogP contribution >= 0.6 is 23.1 Å². The lowest BCUT2D eigenvalue weighted by Gasteiger charge is -2.09. The van der Waals surface area contributed by atoms with Gasteiger partial charge in [0.1, 0.15) is 24.1 Å². The van der Waals surface area contributed by atoms with Crippen molar-refractivity contribution < 1.29 is 15.1 Å². The highest BCUT2D eigenvalue weighted by Gasteiger charge is 2.29. The van der Waals surface area contributed by atoms with E-state index in [0.717, 1.165) is 32.2 Å². The van der Waals surface area contributed by atoms with Gasteiger partial charge in [-0.3, -0.25) is 0 Å². The zero-order chi connectivity index (χ0) is 27.6. The van der Waals surface area contributed by atoms with E-state index in [2.05, 4.69) is 45.6 Å². The number of aromatic hydroxyl groups is 1. The minimum atomic E-state index is -0.785. The van der Waals surface area contributed by atoms with Gasteiger partial charge >= 0.3 is 0 Å². The number of hydrogen-bond acceptors (Lipinski definition) is 10. The van der Waals surface area contributed by atoms with Gasteiger partial charge in [0, 0.05) is 27.9 Å². The quantitative estimate of drug-likeness (QED) is 0.125. The predicted molar refractivity (Wildman–Crippen MR) is 161 cm³/mol. The molecule has 1 unspecified atom stereocenters. The molecule has 0 aliphatic carbocycles. The van der Waals surface area contributed by atoms with Crippen molar-refractivity contribution >= 4 is 61.9 Å². The van der Waals surface area contributed by atoms with Gasteiger partial charge in [0.05, 0.1) is 11.3 Å². The van der Waals surface area contributed by atoms with Gasteiger partial charge < -0.3 is 25.4 Å². The van der Waals surface area contributed by atoms with Gasteiger partial charge in [-0.15, -0.1) is 10.2 Å². The molecular formula is C29H26N6O3S2. The molecule has 40 heavy (non-hydrogen) atoms. The van der Waals surface area contributed by atoms with E-state index in [0.29, 0.717) is 27.9 Å². The summed E-state index contributed by atoms with van der Waals surface area (Å²) in [4.78, 5) is 13.4. The Labute approximate surface area is 238 Å². The first-order chi connectivity index (χ1) is 19.5. The summed E-state index contributed by atoms with van der Waals surface area (Å²) < 4.78 is 0.743. The van der Waals surface area contributed by atoms with Crippen LogP contribution in [0, 0.1) is 13.8 Å². The summed E-state index contributed by atoms with van der Waals surface area (Å²) in [5.74, 6) is 0.379. The van der Waals surface area contributed by atoms with Gasteiger partial charge in [-0.05, 0) is 43.2 Å². The van der Waals surface area contributed by atoms with E-state index in [1.54, 1.807) is 0 Å². The third-order valence-corrected chi connectivity index (χ3v) is 8.73. The number of thioether (sulfide) groups is 1. The topological polar surface area (TPSA) is 128 Å². The molecular weight excluding hydrogens is 544 g/mol. The molecule has 1 aliphatic rings. The number of aliphatic imine (C=N–C) groups is 1. The number of aryl methyl sites for hydroxylation is 1. The first-order valence-corrected chi connectivity index (χ1v) is 14.4. The number of aliphatic hydroxyl groups excluding tert-OH is 1. The van der Waals surface area contributed by atoms with Crippen molar-refractivity contribution in [2.24, 2.45) is 10.1 Å². The molecule has 0 radical (unpaired) electrons. The third kappa shape index (κ3) is 5.18. The van der Waals surface area contributed by atoms with E-state index in [1.807, 2.05) is 60.7 Å². The average Bonchev–Trinajstić information content (AvgIpc) is 3.64. The van der Waals surface area contributed by atoms with Crippen molar-refractivity contribution in [3.05, 3.63) is 89.0 Å². The summed E-state index contributed by atoms with van der Waals surface area (Å²) in [6.07, 6.45) is -0.785. The Balaban J connectivity index is 1.11. The molecule has 0 saturated carbocycles. The summed E-state index contributed by atoms with van der Waals surface area (Å²) in [5.41, 5.74) is 7.27. The number of aromatic nitrogens is 3. The Bertz CT molecular complexity index is 1760. The highest BCUT2D eigenvalue weighted by Crippen LogP contribution is 2.36. The highest BCUT2D eigenvalue weighted by molar-refractivity contribution is 8.01. The number of aromatic amines is 1. The van der Waals surface area contributed by atoms with E-state index in [9.17, 15) is 10.2 Å². The minimum absolute atomic E-state index is 0.0142. The second kappa shape index (κ2) is 11.1. The first kappa shape index (κ1) is 26.1. The maximum absolute atomic E-state index is 10.7. The molecule has 5 aromatic rings. The lowest BCUT2D eigenvalue weighted by molar-refractivity contribution is 0.0529. The molecule has 0 fully saturated rings. The molecule has 0 bridgehead atoms. The van der Waals surface area contributed by atoms with E-state index in [-0.39, 0.29) is 12.5 Å². The Morgan fingerprint density at radius 3 is 2.77 bits per heavy atom. The SMILES string of the molecule is Cc1cccc(Nc2nnc(SCC(O)CO/N=C3/C(c4c(O)[nH]c5ccccc45)=Nc4ccccc43)s2)c1C. The molecule has 3 heterocycles. The minimum Gasteiger partial charge on any atom is -0.494 e. The molecule has 2 aromatic heterocycles. The van der Waals surface area contributed by atoms with E-state index in [4.69, 9.17) is 9.83 Å². The standard InChI is InChI=1S/C29H26N6O3S2/c1-16-8-7-13-21(17(16)2)32-28-33-34-29(40-28)39-15-18(36)14-38-35-25-20-10-4-6-12-23(20)30-26(25)24-19-9-3-5-11-22(19)31-27(24)37/h3-13,18,31,36-37H,14-15H2,1-2H3,(H,32,33)/b35-25+. The first-order valence-electron chi connectivity index (χ1n) is 12.6. The maximum atomic E-state index is 10.7. The zero-order valence-corrected chi connectivity index (χ0v) is 23.4. The molecule has 1 aliphatic heterocycles. The summed E-state index contributed by atoms with van der Waals surface area (Å²) in [5, 5.41) is 38.9. The molecule has 11 heteroatoms. The second-order valence-corrected chi connectivity index (χ2v) is 11.6. The molecule has 1 atom stereocenters. The van der Waals surface area contributed by atoms with Crippen LogP contribution in [0.2, 0.25) is 0 Å². The Morgan fingerprint density at radius 2 is 1.88 bits per heavy atom. The maximum Gasteiger partial charge on any atom is 0.210 e. The van der Waals surface area contributed by atoms with Crippen molar-refractivity contribution in [2.75, 3.05) is 17.7 Å². The van der Waals surface area contributed by atoms with Crippen molar-refractivity contribution in [2.45, 2.75) is 24.3 Å². The summed E-state index contributed by atoms with van der Waals surface area (Å²) in [6, 6.07) is 21.3. The number of nitrogens with zero attached hydrogens (tertiary/aromatic N) is 4. The van der Waals surface area contributed by atoms with Crippen LogP contribution in [0.1, 0.15) is 22.3 Å². The number of aliphatic hydroxyl groups is 1. The largest absolute Gasteiger partial charge is 0.494 e. The van der Waals surface area contributed by atoms with Crippen LogP contribution in [0.5, 0.6) is 5.88 Å². The molecule has 202 valence electrons. The van der Waals surface area contributed by atoms with Crippen LogP contribution in [0.15, 0.2) is 81.2 Å². The molecule has 9 nitrogen and oxygen atoms in total. The van der Waals surface area contributed by atoms with Crippen molar-refractivity contribution in [3.8, 4) is 5.88 Å².